The maximum absolute atomic E-state index is 14.3. The van der Waals surface area contributed by atoms with E-state index >= 15 is 0 Å². The van der Waals surface area contributed by atoms with Gasteiger partial charge in [-0.15, -0.1) is 0 Å². The summed E-state index contributed by atoms with van der Waals surface area (Å²) in [5, 5.41) is 12.7. The molecule has 0 saturated heterocycles. The van der Waals surface area contributed by atoms with Crippen LogP contribution in [-0.4, -0.2) is 15.6 Å². The van der Waals surface area contributed by atoms with Gasteiger partial charge in [0.15, 0.2) is 0 Å². The Morgan fingerprint density at radius 2 is 2.00 bits per heavy atom. The van der Waals surface area contributed by atoms with Gasteiger partial charge in [0, 0.05) is 10.9 Å². The maximum Gasteiger partial charge on any atom is 0.139 e. The zero-order valence-electron chi connectivity index (χ0n) is 10.7. The fraction of sp³-hybridized carbons (Fsp3) is 0.0667. The van der Waals surface area contributed by atoms with Crippen molar-refractivity contribution in [2.45, 2.75) is 6.54 Å². The summed E-state index contributed by atoms with van der Waals surface area (Å²) < 4.78 is 16.0. The van der Waals surface area contributed by atoms with Crippen LogP contribution in [0.25, 0.3) is 10.9 Å². The fourth-order valence-electron chi connectivity index (χ4n) is 2.22. The van der Waals surface area contributed by atoms with Crippen LogP contribution in [0.2, 0.25) is 0 Å². The number of para-hydroxylation sites is 1. The molecular formula is C15H13FN4. The van der Waals surface area contributed by atoms with E-state index < -0.39 is 5.82 Å². The number of rotatable bonds is 3. The Labute approximate surface area is 115 Å². The van der Waals surface area contributed by atoms with Gasteiger partial charge in [-0.1, -0.05) is 30.3 Å². The molecule has 0 spiro atoms. The van der Waals surface area contributed by atoms with Gasteiger partial charge >= 0.3 is 0 Å². The van der Waals surface area contributed by atoms with Gasteiger partial charge < -0.3 is 5.73 Å². The molecule has 3 aromatic rings. The third kappa shape index (κ3) is 2.03. The molecule has 1 aromatic heterocycles. The summed E-state index contributed by atoms with van der Waals surface area (Å²) in [6, 6.07) is 12.6. The van der Waals surface area contributed by atoms with Crippen molar-refractivity contribution in [2.24, 2.45) is 5.73 Å². The summed E-state index contributed by atoms with van der Waals surface area (Å²) in [6.45, 7) is 0.306. The van der Waals surface area contributed by atoms with Gasteiger partial charge in [0.25, 0.3) is 0 Å². The predicted octanol–water partition coefficient (Wildman–Crippen LogP) is 2.51. The van der Waals surface area contributed by atoms with Crippen LogP contribution in [0.5, 0.6) is 0 Å². The first-order valence-corrected chi connectivity index (χ1v) is 6.19. The second-order valence-electron chi connectivity index (χ2n) is 4.55. The lowest BCUT2D eigenvalue weighted by Crippen LogP contribution is -2.15. The first kappa shape index (κ1) is 12.3. The van der Waals surface area contributed by atoms with Crippen molar-refractivity contribution >= 4 is 16.7 Å². The lowest BCUT2D eigenvalue weighted by Gasteiger charge is -2.08. The second kappa shape index (κ2) is 4.77. The Morgan fingerprint density at radius 1 is 1.20 bits per heavy atom. The highest BCUT2D eigenvalue weighted by Crippen LogP contribution is 2.17. The average Bonchev–Trinajstić information content (AvgIpc) is 2.84. The van der Waals surface area contributed by atoms with Gasteiger partial charge in [-0.2, -0.15) is 5.10 Å². The minimum Gasteiger partial charge on any atom is -0.384 e. The Balaban J connectivity index is 2.03. The van der Waals surface area contributed by atoms with E-state index in [4.69, 9.17) is 11.1 Å². The van der Waals surface area contributed by atoms with E-state index in [1.165, 1.54) is 6.07 Å². The lowest BCUT2D eigenvalue weighted by atomic mass is 10.1. The number of nitrogen functional groups attached to an aromatic ring is 1. The lowest BCUT2D eigenvalue weighted by molar-refractivity contribution is 0.588. The van der Waals surface area contributed by atoms with Gasteiger partial charge in [-0.05, 0) is 12.1 Å². The van der Waals surface area contributed by atoms with E-state index in [1.54, 1.807) is 23.0 Å². The smallest absolute Gasteiger partial charge is 0.139 e. The van der Waals surface area contributed by atoms with E-state index in [9.17, 15) is 4.39 Å². The third-order valence-electron chi connectivity index (χ3n) is 3.24. The molecule has 0 radical (unpaired) electrons. The van der Waals surface area contributed by atoms with Gasteiger partial charge in [-0.3, -0.25) is 10.1 Å². The zero-order valence-corrected chi connectivity index (χ0v) is 10.7. The SMILES string of the molecule is N=C(N)c1cccc(Cn2ncc3ccccc32)c1F. The molecule has 3 N–H and O–H groups in total. The quantitative estimate of drug-likeness (QED) is 0.566. The molecule has 0 aliphatic heterocycles. The minimum atomic E-state index is -0.459. The fourth-order valence-corrected chi connectivity index (χ4v) is 2.22. The Hall–Kier alpha value is -2.69. The maximum atomic E-state index is 14.3. The van der Waals surface area contributed by atoms with Crippen molar-refractivity contribution in [1.82, 2.24) is 9.78 Å². The molecule has 0 aliphatic carbocycles. The highest BCUT2D eigenvalue weighted by molar-refractivity contribution is 5.95. The molecule has 0 saturated carbocycles. The van der Waals surface area contributed by atoms with Crippen molar-refractivity contribution in [3.8, 4) is 0 Å². The first-order chi connectivity index (χ1) is 9.66. The number of fused-ring (bicyclic) bond motifs is 1. The standard InChI is InChI=1S/C15H13FN4/c16-14-11(5-3-6-12(14)15(17)18)9-20-13-7-2-1-4-10(13)8-19-20/h1-8H,9H2,(H3,17,18). The van der Waals surface area contributed by atoms with Gasteiger partial charge in [-0.25, -0.2) is 4.39 Å². The van der Waals surface area contributed by atoms with Crippen molar-refractivity contribution < 1.29 is 4.39 Å². The van der Waals surface area contributed by atoms with E-state index in [2.05, 4.69) is 5.10 Å². The molecular weight excluding hydrogens is 255 g/mol. The van der Waals surface area contributed by atoms with Crippen LogP contribution < -0.4 is 5.73 Å². The third-order valence-corrected chi connectivity index (χ3v) is 3.24. The number of amidine groups is 1. The van der Waals surface area contributed by atoms with Crippen molar-refractivity contribution in [1.29, 1.82) is 5.41 Å². The Kier molecular flexibility index (Phi) is 2.95. The summed E-state index contributed by atoms with van der Waals surface area (Å²) in [5.74, 6) is -0.728. The molecule has 0 fully saturated rings. The second-order valence-corrected chi connectivity index (χ2v) is 4.55. The van der Waals surface area contributed by atoms with Crippen LogP contribution in [0.3, 0.4) is 0 Å². The molecule has 0 atom stereocenters. The topological polar surface area (TPSA) is 67.7 Å². The Bertz CT molecular complexity index is 791. The molecule has 0 aliphatic rings. The largest absolute Gasteiger partial charge is 0.384 e. The van der Waals surface area contributed by atoms with Crippen molar-refractivity contribution in [2.75, 3.05) is 0 Å². The van der Waals surface area contributed by atoms with Crippen molar-refractivity contribution in [3.63, 3.8) is 0 Å². The first-order valence-electron chi connectivity index (χ1n) is 6.19. The summed E-state index contributed by atoms with van der Waals surface area (Å²) >= 11 is 0. The summed E-state index contributed by atoms with van der Waals surface area (Å²) in [6.07, 6.45) is 1.75. The van der Waals surface area contributed by atoms with Gasteiger partial charge in [0.05, 0.1) is 23.8 Å². The molecule has 100 valence electrons. The molecule has 3 rings (SSSR count). The van der Waals surface area contributed by atoms with E-state index in [1.807, 2.05) is 24.3 Å². The number of hydrogen-bond acceptors (Lipinski definition) is 2. The van der Waals surface area contributed by atoms with Crippen molar-refractivity contribution in [3.05, 3.63) is 65.6 Å². The zero-order chi connectivity index (χ0) is 14.1. The molecule has 0 bridgehead atoms. The summed E-state index contributed by atoms with van der Waals surface area (Å²) in [7, 11) is 0. The van der Waals surface area contributed by atoms with Crippen LogP contribution in [0.4, 0.5) is 4.39 Å². The molecule has 0 unspecified atom stereocenters. The molecule has 20 heavy (non-hydrogen) atoms. The number of nitrogens with two attached hydrogens (primary N) is 1. The normalized spacial score (nSPS) is 10.8. The number of benzene rings is 2. The highest BCUT2D eigenvalue weighted by Gasteiger charge is 2.11. The monoisotopic (exact) mass is 268 g/mol. The average molecular weight is 268 g/mol. The van der Waals surface area contributed by atoms with Gasteiger partial charge in [0.1, 0.15) is 11.7 Å². The van der Waals surface area contributed by atoms with Gasteiger partial charge in [0.2, 0.25) is 0 Å². The molecule has 0 amide bonds. The predicted molar refractivity (Wildman–Crippen MR) is 76.3 cm³/mol. The summed E-state index contributed by atoms with van der Waals surface area (Å²) in [5.41, 5.74) is 6.90. The van der Waals surface area contributed by atoms with E-state index in [-0.39, 0.29) is 11.4 Å². The number of halogens is 1. The van der Waals surface area contributed by atoms with Crippen LogP contribution in [-0.2, 0) is 6.54 Å². The van der Waals surface area contributed by atoms with E-state index in [0.717, 1.165) is 10.9 Å². The number of aromatic nitrogens is 2. The van der Waals surface area contributed by atoms with Crippen LogP contribution in [0.1, 0.15) is 11.1 Å². The van der Waals surface area contributed by atoms with Crippen LogP contribution in [0, 0.1) is 11.2 Å². The number of nitrogens with zero attached hydrogens (tertiary/aromatic N) is 2. The summed E-state index contributed by atoms with van der Waals surface area (Å²) in [4.78, 5) is 0. The molecule has 2 aromatic carbocycles. The number of hydrogen-bond donors (Lipinski definition) is 2. The minimum absolute atomic E-state index is 0.124. The van der Waals surface area contributed by atoms with E-state index in [0.29, 0.717) is 12.1 Å². The molecule has 1 heterocycles. The molecule has 5 heteroatoms. The van der Waals surface area contributed by atoms with Crippen LogP contribution >= 0.6 is 0 Å². The Morgan fingerprint density at radius 3 is 2.80 bits per heavy atom. The number of nitrogens with one attached hydrogen (secondary N) is 1. The molecule has 4 nitrogen and oxygen atoms in total. The van der Waals surface area contributed by atoms with Crippen LogP contribution in [0.15, 0.2) is 48.7 Å². The highest BCUT2D eigenvalue weighted by atomic mass is 19.1.